The summed E-state index contributed by atoms with van der Waals surface area (Å²) in [6, 6.07) is 36.5. The van der Waals surface area contributed by atoms with E-state index in [1.807, 2.05) is 48.5 Å². The summed E-state index contributed by atoms with van der Waals surface area (Å²) in [7, 11) is 0. The Morgan fingerprint density at radius 1 is 0.805 bits per heavy atom. The second-order valence-electron chi connectivity index (χ2n) is 10.3. The predicted octanol–water partition coefficient (Wildman–Crippen LogP) is 7.92. The van der Waals surface area contributed by atoms with Crippen LogP contribution < -0.4 is 5.32 Å². The molecule has 1 N–H and O–H groups in total. The van der Waals surface area contributed by atoms with Crippen molar-refractivity contribution in [3.63, 3.8) is 0 Å². The van der Waals surface area contributed by atoms with Gasteiger partial charge in [-0.3, -0.25) is 9.36 Å². The molecule has 1 heterocycles. The highest BCUT2D eigenvalue weighted by molar-refractivity contribution is 7.98. The van der Waals surface area contributed by atoms with Gasteiger partial charge in [0.15, 0.2) is 11.0 Å². The number of carbonyl (C=O) groups excluding carboxylic acids is 1. The molecule has 41 heavy (non-hydrogen) atoms. The Labute approximate surface area is 247 Å². The molecule has 0 radical (unpaired) electrons. The van der Waals surface area contributed by atoms with E-state index in [0.29, 0.717) is 17.8 Å². The number of thioether (sulfide) groups is 1. The van der Waals surface area contributed by atoms with E-state index in [2.05, 4.69) is 89.5 Å². The lowest BCUT2D eigenvalue weighted by Gasteiger charge is -2.20. The topological polar surface area (TPSA) is 59.8 Å². The zero-order valence-electron chi connectivity index (χ0n) is 23.7. The van der Waals surface area contributed by atoms with Gasteiger partial charge in [0.1, 0.15) is 0 Å². The number of benzene rings is 4. The number of aromatic nitrogens is 3. The van der Waals surface area contributed by atoms with Crippen LogP contribution in [0.5, 0.6) is 0 Å². The average Bonchev–Trinajstić information content (AvgIpc) is 3.44. The van der Waals surface area contributed by atoms with Crippen LogP contribution in [0.15, 0.2) is 114 Å². The molecule has 0 aliphatic rings. The van der Waals surface area contributed by atoms with Crippen molar-refractivity contribution in [3.8, 4) is 5.69 Å². The van der Waals surface area contributed by atoms with Gasteiger partial charge in [0.25, 0.3) is 5.91 Å². The number of carbonyl (C=O) groups is 1. The third kappa shape index (κ3) is 7.53. The summed E-state index contributed by atoms with van der Waals surface area (Å²) in [5.74, 6) is 1.36. The van der Waals surface area contributed by atoms with Gasteiger partial charge in [0.05, 0.1) is 6.04 Å². The Morgan fingerprint density at radius 2 is 1.46 bits per heavy atom. The summed E-state index contributed by atoms with van der Waals surface area (Å²) in [5, 5.41) is 13.4. The van der Waals surface area contributed by atoms with E-state index in [4.69, 9.17) is 5.10 Å². The van der Waals surface area contributed by atoms with Crippen molar-refractivity contribution in [1.29, 1.82) is 0 Å². The van der Waals surface area contributed by atoms with Gasteiger partial charge in [-0.1, -0.05) is 116 Å². The van der Waals surface area contributed by atoms with Crippen LogP contribution in [0.1, 0.15) is 64.2 Å². The zero-order chi connectivity index (χ0) is 28.4. The molecule has 1 unspecified atom stereocenters. The lowest BCUT2D eigenvalue weighted by Crippen LogP contribution is -2.32. The molecule has 1 amide bonds. The molecule has 0 aliphatic heterocycles. The molecular weight excluding hydrogens is 524 g/mol. The first-order valence-electron chi connectivity index (χ1n) is 14.2. The van der Waals surface area contributed by atoms with Gasteiger partial charge >= 0.3 is 0 Å². The van der Waals surface area contributed by atoms with Crippen LogP contribution >= 0.6 is 11.8 Å². The minimum atomic E-state index is -0.385. The van der Waals surface area contributed by atoms with E-state index in [1.54, 1.807) is 11.8 Å². The highest BCUT2D eigenvalue weighted by atomic mass is 32.2. The molecule has 0 bridgehead atoms. The number of hydrogen-bond acceptors (Lipinski definition) is 4. The maximum atomic E-state index is 13.6. The predicted molar refractivity (Wildman–Crippen MR) is 168 cm³/mol. The normalized spacial score (nSPS) is 11.8. The van der Waals surface area contributed by atoms with E-state index in [0.717, 1.165) is 41.4 Å². The molecule has 0 spiro atoms. The van der Waals surface area contributed by atoms with Gasteiger partial charge in [0, 0.05) is 17.0 Å². The Kier molecular flexibility index (Phi) is 9.65. The molecule has 1 atom stereocenters. The van der Waals surface area contributed by atoms with Crippen molar-refractivity contribution in [2.24, 2.45) is 0 Å². The SMILES string of the molecule is CCCCc1ccc(C(=O)NC(Cc2ccccc2)c2nnc(SCc3ccccc3)n2-c2ccc(C)cc2)cc1. The first-order valence-corrected chi connectivity index (χ1v) is 15.2. The summed E-state index contributed by atoms with van der Waals surface area (Å²) < 4.78 is 2.09. The van der Waals surface area contributed by atoms with Crippen molar-refractivity contribution in [2.45, 2.75) is 56.5 Å². The highest BCUT2D eigenvalue weighted by Crippen LogP contribution is 2.29. The molecule has 5 rings (SSSR count). The van der Waals surface area contributed by atoms with Crippen LogP contribution in [0.3, 0.4) is 0 Å². The van der Waals surface area contributed by atoms with Crippen LogP contribution in [0.2, 0.25) is 0 Å². The summed E-state index contributed by atoms with van der Waals surface area (Å²) in [6.07, 6.45) is 3.91. The molecule has 4 aromatic carbocycles. The first kappa shape index (κ1) is 28.4. The monoisotopic (exact) mass is 560 g/mol. The minimum Gasteiger partial charge on any atom is -0.342 e. The number of aryl methyl sites for hydroxylation is 2. The number of unbranched alkanes of at least 4 members (excludes halogenated alkanes) is 1. The number of nitrogens with zero attached hydrogens (tertiary/aromatic N) is 3. The third-order valence-corrected chi connectivity index (χ3v) is 8.10. The Bertz CT molecular complexity index is 1530. The fraction of sp³-hybridized carbons (Fsp3) is 0.229. The standard InChI is InChI=1S/C35H36N4OS/c1-3-4-11-27-18-20-30(21-19-27)34(40)36-32(24-28-12-7-5-8-13-28)33-37-38-35(41-25-29-14-9-6-10-15-29)39(33)31-22-16-26(2)17-23-31/h5-10,12-23,32H,3-4,11,24-25H2,1-2H3,(H,36,40). The second kappa shape index (κ2) is 14.0. The van der Waals surface area contributed by atoms with E-state index < -0.39 is 0 Å². The van der Waals surface area contributed by atoms with Gasteiger partial charge in [-0.25, -0.2) is 0 Å². The van der Waals surface area contributed by atoms with E-state index in [1.165, 1.54) is 16.7 Å². The second-order valence-corrected chi connectivity index (χ2v) is 11.2. The van der Waals surface area contributed by atoms with E-state index in [-0.39, 0.29) is 11.9 Å². The zero-order valence-corrected chi connectivity index (χ0v) is 24.5. The fourth-order valence-corrected chi connectivity index (χ4v) is 5.68. The molecule has 6 heteroatoms. The quantitative estimate of drug-likeness (QED) is 0.157. The maximum absolute atomic E-state index is 13.6. The average molecular weight is 561 g/mol. The summed E-state index contributed by atoms with van der Waals surface area (Å²) in [6.45, 7) is 4.27. The molecule has 0 saturated heterocycles. The fourth-order valence-electron chi connectivity index (χ4n) is 4.76. The van der Waals surface area contributed by atoms with Crippen molar-refractivity contribution >= 4 is 17.7 Å². The first-order chi connectivity index (χ1) is 20.1. The van der Waals surface area contributed by atoms with Gasteiger partial charge in [-0.15, -0.1) is 10.2 Å². The Hall–Kier alpha value is -4.16. The highest BCUT2D eigenvalue weighted by Gasteiger charge is 2.25. The largest absolute Gasteiger partial charge is 0.342 e. The van der Waals surface area contributed by atoms with Crippen LogP contribution in [0.4, 0.5) is 0 Å². The van der Waals surface area contributed by atoms with E-state index in [9.17, 15) is 4.79 Å². The van der Waals surface area contributed by atoms with Gasteiger partial charge in [-0.2, -0.15) is 0 Å². The van der Waals surface area contributed by atoms with Gasteiger partial charge in [-0.05, 0) is 67.1 Å². The smallest absolute Gasteiger partial charge is 0.251 e. The van der Waals surface area contributed by atoms with Crippen LogP contribution in [-0.4, -0.2) is 20.7 Å². The van der Waals surface area contributed by atoms with Crippen LogP contribution in [0.25, 0.3) is 5.69 Å². The molecule has 0 saturated carbocycles. The number of nitrogens with one attached hydrogen (secondary N) is 1. The molecule has 5 nitrogen and oxygen atoms in total. The Morgan fingerprint density at radius 3 is 2.12 bits per heavy atom. The van der Waals surface area contributed by atoms with Crippen molar-refractivity contribution in [3.05, 3.63) is 143 Å². The lowest BCUT2D eigenvalue weighted by molar-refractivity contribution is 0.0934. The van der Waals surface area contributed by atoms with Crippen LogP contribution in [0, 0.1) is 6.92 Å². The van der Waals surface area contributed by atoms with Crippen molar-refractivity contribution < 1.29 is 4.79 Å². The summed E-state index contributed by atoms with van der Waals surface area (Å²) >= 11 is 1.64. The molecule has 0 fully saturated rings. The molecule has 1 aromatic heterocycles. The maximum Gasteiger partial charge on any atom is 0.251 e. The molecule has 208 valence electrons. The number of rotatable bonds is 12. The number of amides is 1. The van der Waals surface area contributed by atoms with Gasteiger partial charge < -0.3 is 5.32 Å². The van der Waals surface area contributed by atoms with Gasteiger partial charge in [0.2, 0.25) is 0 Å². The minimum absolute atomic E-state index is 0.120. The molecular formula is C35H36N4OS. The number of hydrogen-bond donors (Lipinski definition) is 1. The molecule has 0 aliphatic carbocycles. The third-order valence-electron chi connectivity index (χ3n) is 7.10. The summed E-state index contributed by atoms with van der Waals surface area (Å²) in [5.41, 5.74) is 6.38. The van der Waals surface area contributed by atoms with Crippen molar-refractivity contribution in [1.82, 2.24) is 20.1 Å². The summed E-state index contributed by atoms with van der Waals surface area (Å²) in [4.78, 5) is 13.6. The Balaban J connectivity index is 1.49. The van der Waals surface area contributed by atoms with Crippen LogP contribution in [-0.2, 0) is 18.6 Å². The molecule has 5 aromatic rings. The van der Waals surface area contributed by atoms with E-state index >= 15 is 0 Å². The van der Waals surface area contributed by atoms with Crippen molar-refractivity contribution in [2.75, 3.05) is 0 Å². The lowest BCUT2D eigenvalue weighted by atomic mass is 10.0.